The number of nitrogens with zero attached hydrogens (tertiary/aromatic N) is 1. The minimum absolute atomic E-state index is 0.148. The number of aliphatic hydroxyl groups excluding tert-OH is 1. The maximum atomic E-state index is 12.7. The van der Waals surface area contributed by atoms with E-state index in [1.54, 1.807) is 6.07 Å². The largest absolute Gasteiger partial charge is 0.395 e. The zero-order valence-electron chi connectivity index (χ0n) is 11.9. The first-order valence-electron chi connectivity index (χ1n) is 6.86. The molecule has 1 aromatic rings. The summed E-state index contributed by atoms with van der Waals surface area (Å²) in [5.74, 6) is 0. The maximum Gasteiger partial charge on any atom is 0.244 e. The van der Waals surface area contributed by atoms with Gasteiger partial charge in [-0.3, -0.25) is 0 Å². The highest BCUT2D eigenvalue weighted by Gasteiger charge is 2.30. The van der Waals surface area contributed by atoms with Crippen LogP contribution in [0.15, 0.2) is 11.0 Å². The second-order valence-corrected chi connectivity index (χ2v) is 8.52. The first-order chi connectivity index (χ1) is 9.45. The van der Waals surface area contributed by atoms with Crippen LogP contribution in [0.5, 0.6) is 0 Å². The minimum Gasteiger partial charge on any atom is -0.395 e. The van der Waals surface area contributed by atoms with Crippen molar-refractivity contribution in [2.75, 3.05) is 26.2 Å². The summed E-state index contributed by atoms with van der Waals surface area (Å²) in [7, 11) is -3.52. The number of aryl methyl sites for hydroxylation is 2. The summed E-state index contributed by atoms with van der Waals surface area (Å²) < 4.78 is 26.9. The third-order valence-corrected chi connectivity index (χ3v) is 6.64. The maximum absolute atomic E-state index is 12.7. The number of thiophene rings is 1. The molecule has 0 bridgehead atoms. The average molecular weight is 318 g/mol. The van der Waals surface area contributed by atoms with E-state index in [1.807, 2.05) is 13.8 Å². The number of rotatable bonds is 6. The van der Waals surface area contributed by atoms with E-state index in [4.69, 9.17) is 0 Å². The second-order valence-electron chi connectivity index (χ2n) is 5.16. The van der Waals surface area contributed by atoms with Crippen molar-refractivity contribution in [3.8, 4) is 0 Å². The molecule has 0 aliphatic carbocycles. The Hall–Kier alpha value is -0.470. The fraction of sp³-hybridized carbons (Fsp3) is 0.692. The Balaban J connectivity index is 2.24. The summed E-state index contributed by atoms with van der Waals surface area (Å²) in [6.07, 6.45) is 2.06. The molecule has 2 heterocycles. The second kappa shape index (κ2) is 6.53. The molecule has 2 N–H and O–H groups in total. The minimum atomic E-state index is -3.52. The lowest BCUT2D eigenvalue weighted by atomic mass is 10.2. The van der Waals surface area contributed by atoms with E-state index < -0.39 is 10.0 Å². The molecule has 0 saturated carbocycles. The molecule has 0 amide bonds. The summed E-state index contributed by atoms with van der Waals surface area (Å²) in [6.45, 7) is 5.09. The molecule has 20 heavy (non-hydrogen) atoms. The third-order valence-electron chi connectivity index (χ3n) is 3.55. The van der Waals surface area contributed by atoms with Crippen molar-refractivity contribution >= 4 is 21.4 Å². The van der Waals surface area contributed by atoms with Gasteiger partial charge in [0.25, 0.3) is 0 Å². The van der Waals surface area contributed by atoms with Crippen LogP contribution in [0.4, 0.5) is 0 Å². The summed E-state index contributed by atoms with van der Waals surface area (Å²) in [6, 6.07) is 1.92. The van der Waals surface area contributed by atoms with E-state index in [0.717, 1.165) is 29.1 Å². The molecule has 1 aliphatic rings. The van der Waals surface area contributed by atoms with Crippen molar-refractivity contribution in [2.45, 2.75) is 37.6 Å². The Labute approximate surface area is 124 Å². The van der Waals surface area contributed by atoms with Crippen molar-refractivity contribution in [1.82, 2.24) is 9.62 Å². The number of aliphatic hydroxyl groups is 1. The van der Waals surface area contributed by atoms with Gasteiger partial charge < -0.3 is 10.4 Å². The molecule has 1 fully saturated rings. The molecule has 1 atom stereocenters. The molecule has 7 heteroatoms. The highest BCUT2D eigenvalue weighted by atomic mass is 32.2. The fourth-order valence-electron chi connectivity index (χ4n) is 2.58. The molecule has 2 rings (SSSR count). The van der Waals surface area contributed by atoms with E-state index in [2.05, 4.69) is 5.32 Å². The predicted octanol–water partition coefficient (Wildman–Crippen LogP) is 1.10. The van der Waals surface area contributed by atoms with E-state index >= 15 is 0 Å². The van der Waals surface area contributed by atoms with Crippen LogP contribution in [0, 0.1) is 13.8 Å². The van der Waals surface area contributed by atoms with E-state index in [9.17, 15) is 13.5 Å². The lowest BCUT2D eigenvalue weighted by molar-refractivity contribution is 0.246. The molecule has 0 aromatic carbocycles. The van der Waals surface area contributed by atoms with Gasteiger partial charge in [0.1, 0.15) is 0 Å². The van der Waals surface area contributed by atoms with Crippen molar-refractivity contribution < 1.29 is 13.5 Å². The lowest BCUT2D eigenvalue weighted by Gasteiger charge is -2.24. The smallest absolute Gasteiger partial charge is 0.244 e. The highest BCUT2D eigenvalue weighted by molar-refractivity contribution is 7.89. The van der Waals surface area contributed by atoms with Gasteiger partial charge in [-0.25, -0.2) is 8.42 Å². The topological polar surface area (TPSA) is 69.6 Å². The van der Waals surface area contributed by atoms with E-state index in [-0.39, 0.29) is 19.2 Å². The van der Waals surface area contributed by atoms with Crippen molar-refractivity contribution in [2.24, 2.45) is 0 Å². The summed E-state index contributed by atoms with van der Waals surface area (Å²) in [5, 5.41) is 12.5. The molecular formula is C13H22N2O3S2. The number of hydrogen-bond donors (Lipinski definition) is 2. The zero-order valence-corrected chi connectivity index (χ0v) is 13.6. The molecule has 1 saturated heterocycles. The van der Waals surface area contributed by atoms with Gasteiger partial charge in [0.05, 0.1) is 11.5 Å². The van der Waals surface area contributed by atoms with Crippen molar-refractivity contribution in [1.29, 1.82) is 0 Å². The van der Waals surface area contributed by atoms with Gasteiger partial charge >= 0.3 is 0 Å². The van der Waals surface area contributed by atoms with Crippen LogP contribution in [0.1, 0.15) is 22.6 Å². The Kier molecular flexibility index (Phi) is 5.19. The van der Waals surface area contributed by atoms with Crippen LogP contribution in [0.2, 0.25) is 0 Å². The van der Waals surface area contributed by atoms with Gasteiger partial charge in [0.15, 0.2) is 0 Å². The third kappa shape index (κ3) is 3.40. The Morgan fingerprint density at radius 3 is 2.75 bits per heavy atom. The van der Waals surface area contributed by atoms with Crippen LogP contribution in [0.25, 0.3) is 0 Å². The Morgan fingerprint density at radius 1 is 1.50 bits per heavy atom. The first kappa shape index (κ1) is 15.9. The molecule has 114 valence electrons. The molecule has 1 aromatic heterocycles. The molecule has 0 spiro atoms. The van der Waals surface area contributed by atoms with Crippen LogP contribution in [0.3, 0.4) is 0 Å². The van der Waals surface area contributed by atoms with Gasteiger partial charge in [0.2, 0.25) is 10.0 Å². The Morgan fingerprint density at radius 2 is 2.25 bits per heavy atom. The fourth-order valence-corrected chi connectivity index (χ4v) is 5.58. The quantitative estimate of drug-likeness (QED) is 0.824. The molecular weight excluding hydrogens is 296 g/mol. The van der Waals surface area contributed by atoms with Gasteiger partial charge in [-0.05, 0) is 39.3 Å². The van der Waals surface area contributed by atoms with Gasteiger partial charge in [-0.1, -0.05) is 0 Å². The van der Waals surface area contributed by atoms with E-state index in [1.165, 1.54) is 15.6 Å². The predicted molar refractivity (Wildman–Crippen MR) is 80.7 cm³/mol. The van der Waals surface area contributed by atoms with E-state index in [0.29, 0.717) is 11.4 Å². The summed E-state index contributed by atoms with van der Waals surface area (Å²) >= 11 is 1.49. The van der Waals surface area contributed by atoms with Crippen LogP contribution in [-0.2, 0) is 10.0 Å². The summed E-state index contributed by atoms with van der Waals surface area (Å²) in [5.41, 5.74) is 0. The standard InChI is InChI=1S/C13H22N2O3S2/c1-10-8-13(11(2)19-10)20(17,18)15(6-7-16)9-12-4-3-5-14-12/h8,12,14,16H,3-7,9H2,1-2H3. The van der Waals surface area contributed by atoms with Crippen LogP contribution in [-0.4, -0.2) is 50.1 Å². The number of nitrogens with one attached hydrogen (secondary N) is 1. The monoisotopic (exact) mass is 318 g/mol. The SMILES string of the molecule is Cc1cc(S(=O)(=O)N(CCO)CC2CCCN2)c(C)s1. The van der Waals surface area contributed by atoms with Crippen molar-refractivity contribution in [3.05, 3.63) is 15.8 Å². The normalized spacial score (nSPS) is 19.9. The highest BCUT2D eigenvalue weighted by Crippen LogP contribution is 2.28. The molecule has 1 unspecified atom stereocenters. The lowest BCUT2D eigenvalue weighted by Crippen LogP contribution is -2.42. The summed E-state index contributed by atoms with van der Waals surface area (Å²) in [4.78, 5) is 2.18. The van der Waals surface area contributed by atoms with Gasteiger partial charge in [0, 0.05) is 28.9 Å². The van der Waals surface area contributed by atoms with Gasteiger partial charge in [-0.15, -0.1) is 11.3 Å². The first-order valence-corrected chi connectivity index (χ1v) is 9.12. The molecule has 0 radical (unpaired) electrons. The number of sulfonamides is 1. The zero-order chi connectivity index (χ0) is 14.8. The number of hydrogen-bond acceptors (Lipinski definition) is 5. The molecule has 1 aliphatic heterocycles. The van der Waals surface area contributed by atoms with Gasteiger partial charge in [-0.2, -0.15) is 4.31 Å². The van der Waals surface area contributed by atoms with Crippen LogP contribution < -0.4 is 5.32 Å². The molecule has 5 nitrogen and oxygen atoms in total. The van der Waals surface area contributed by atoms with Crippen LogP contribution >= 0.6 is 11.3 Å². The van der Waals surface area contributed by atoms with Crippen molar-refractivity contribution in [3.63, 3.8) is 0 Å². The average Bonchev–Trinajstić information content (AvgIpc) is 2.98. The Bertz CT molecular complexity index is 548.